The zero-order chi connectivity index (χ0) is 10.5. The molecule has 2 aliphatic heterocycles. The Balaban J connectivity index is 2.27. The molecule has 0 radical (unpaired) electrons. The van der Waals surface area contributed by atoms with Gasteiger partial charge in [-0.05, 0) is 13.3 Å². The zero-order valence-electron chi connectivity index (χ0n) is 8.00. The van der Waals surface area contributed by atoms with Crippen molar-refractivity contribution in [2.24, 2.45) is 0 Å². The van der Waals surface area contributed by atoms with E-state index in [1.54, 1.807) is 6.92 Å². The van der Waals surface area contributed by atoms with Gasteiger partial charge >= 0.3 is 6.69 Å². The van der Waals surface area contributed by atoms with Crippen molar-refractivity contribution in [1.29, 1.82) is 0 Å². The summed E-state index contributed by atoms with van der Waals surface area (Å²) >= 11 is 0. The third-order valence-corrected chi connectivity index (χ3v) is 3.13. The number of carbonyl (C=O) groups is 1. The molecule has 2 heterocycles. The summed E-state index contributed by atoms with van der Waals surface area (Å²) in [5.74, 6) is -0.763. The molecule has 3 atom stereocenters. The second kappa shape index (κ2) is 2.93. The number of rotatable bonds is 0. The van der Waals surface area contributed by atoms with Gasteiger partial charge in [0.1, 0.15) is 6.04 Å². The summed E-state index contributed by atoms with van der Waals surface area (Å²) < 4.78 is 0. The van der Waals surface area contributed by atoms with Crippen molar-refractivity contribution in [2.75, 3.05) is 6.54 Å². The van der Waals surface area contributed by atoms with E-state index in [9.17, 15) is 19.9 Å². The molecule has 0 aromatic heterocycles. The first-order valence-corrected chi connectivity index (χ1v) is 4.87. The summed E-state index contributed by atoms with van der Waals surface area (Å²) in [6, 6.07) is -0.480. The molecule has 0 aromatic carbocycles. The molecule has 7 heteroatoms. The average molecular weight is 202 g/mol. The van der Waals surface area contributed by atoms with Crippen molar-refractivity contribution < 1.29 is 25.2 Å². The summed E-state index contributed by atoms with van der Waals surface area (Å²) in [6.07, 6.45) is -0.384. The fourth-order valence-electron chi connectivity index (χ4n) is 2.46. The van der Waals surface area contributed by atoms with E-state index in [1.807, 2.05) is 0 Å². The molecule has 1 amide bonds. The van der Waals surface area contributed by atoms with Gasteiger partial charge in [0.15, 0.2) is 0 Å². The fourth-order valence-corrected chi connectivity index (χ4v) is 2.46. The summed E-state index contributed by atoms with van der Waals surface area (Å²) in [6.45, 7) is -0.788. The van der Waals surface area contributed by atoms with Gasteiger partial charge in [-0.1, -0.05) is 0 Å². The molecule has 0 saturated carbocycles. The van der Waals surface area contributed by atoms with Crippen molar-refractivity contribution >= 4 is 12.6 Å². The highest BCUT2D eigenvalue weighted by Crippen LogP contribution is 2.23. The molecule has 2 rings (SSSR count). The lowest BCUT2D eigenvalue weighted by atomic mass is 9.60. The van der Waals surface area contributed by atoms with Crippen LogP contribution < -0.4 is 5.23 Å². The number of nitrogens with zero attached hydrogens (tertiary/aromatic N) is 1. The van der Waals surface area contributed by atoms with E-state index in [2.05, 4.69) is 0 Å². The third-order valence-electron chi connectivity index (χ3n) is 3.13. The normalized spacial score (nSPS) is 41.3. The van der Waals surface area contributed by atoms with Crippen LogP contribution >= 0.6 is 0 Å². The SMILES string of the molecule is C[C@@H]1[NH2+][B-](O)(O)[C@@H]2C[C@H](O)CN2C1=O. The topological polar surface area (TPSA) is 97.6 Å². The number of hydrogen-bond acceptors (Lipinski definition) is 4. The van der Waals surface area contributed by atoms with Crippen LogP contribution in [0.5, 0.6) is 0 Å². The molecule has 2 aliphatic rings. The Morgan fingerprint density at radius 1 is 1.57 bits per heavy atom. The van der Waals surface area contributed by atoms with Gasteiger partial charge in [0.2, 0.25) is 0 Å². The maximum Gasteiger partial charge on any atom is 0.487 e. The van der Waals surface area contributed by atoms with E-state index in [4.69, 9.17) is 0 Å². The number of aliphatic hydroxyl groups is 1. The summed E-state index contributed by atoms with van der Waals surface area (Å²) in [5.41, 5.74) is 0. The second-order valence-electron chi connectivity index (χ2n) is 4.33. The first kappa shape index (κ1) is 9.91. The molecule has 6 nitrogen and oxygen atoms in total. The van der Waals surface area contributed by atoms with Gasteiger partial charge < -0.3 is 25.3 Å². The molecule has 0 spiro atoms. The van der Waals surface area contributed by atoms with Crippen LogP contribution in [0.15, 0.2) is 0 Å². The second-order valence-corrected chi connectivity index (χ2v) is 4.33. The van der Waals surface area contributed by atoms with Gasteiger partial charge in [-0.25, -0.2) is 0 Å². The van der Waals surface area contributed by atoms with Crippen LogP contribution in [0.1, 0.15) is 13.3 Å². The summed E-state index contributed by atoms with van der Waals surface area (Å²) in [4.78, 5) is 13.0. The van der Waals surface area contributed by atoms with Crippen LogP contribution in [0.2, 0.25) is 0 Å². The van der Waals surface area contributed by atoms with Crippen molar-refractivity contribution in [1.82, 2.24) is 4.90 Å². The number of nitrogens with two attached hydrogens (primary N) is 1. The number of aliphatic hydroxyl groups excluding tert-OH is 1. The van der Waals surface area contributed by atoms with Crippen LogP contribution in [0.4, 0.5) is 0 Å². The molecule has 14 heavy (non-hydrogen) atoms. The maximum atomic E-state index is 11.6. The van der Waals surface area contributed by atoms with Crippen LogP contribution in [0.3, 0.4) is 0 Å². The molecule has 0 bridgehead atoms. The first-order valence-electron chi connectivity index (χ1n) is 4.87. The fraction of sp³-hybridized carbons (Fsp3) is 0.857. The Morgan fingerprint density at radius 3 is 2.86 bits per heavy atom. The lowest BCUT2D eigenvalue weighted by Crippen LogP contribution is -3.11. The molecule has 0 aromatic rings. The Hall–Kier alpha value is -0.625. The van der Waals surface area contributed by atoms with E-state index >= 15 is 0 Å². The van der Waals surface area contributed by atoms with E-state index in [1.165, 1.54) is 10.1 Å². The molecular weight excluding hydrogens is 187 g/mol. The van der Waals surface area contributed by atoms with Gasteiger partial charge in [0.25, 0.3) is 5.91 Å². The lowest BCUT2D eigenvalue weighted by molar-refractivity contribution is -0.590. The van der Waals surface area contributed by atoms with Crippen molar-refractivity contribution in [3.8, 4) is 0 Å². The minimum atomic E-state index is -2.63. The minimum absolute atomic E-state index is 0.132. The summed E-state index contributed by atoms with van der Waals surface area (Å²) in [7, 11) is 0. The van der Waals surface area contributed by atoms with Crippen LogP contribution in [0, 0.1) is 0 Å². The van der Waals surface area contributed by atoms with Gasteiger partial charge in [-0.2, -0.15) is 0 Å². The number of quaternary nitrogens is 1. The predicted molar refractivity (Wildman–Crippen MR) is 47.7 cm³/mol. The Morgan fingerprint density at radius 2 is 2.21 bits per heavy atom. The Kier molecular flexibility index (Phi) is 2.07. The highest BCUT2D eigenvalue weighted by Gasteiger charge is 2.54. The molecule has 80 valence electrons. The molecule has 0 aliphatic carbocycles. The van der Waals surface area contributed by atoms with Crippen molar-refractivity contribution in [3.05, 3.63) is 0 Å². The maximum absolute atomic E-state index is 11.6. The van der Waals surface area contributed by atoms with Crippen LogP contribution in [0.25, 0.3) is 0 Å². The van der Waals surface area contributed by atoms with Gasteiger partial charge in [0, 0.05) is 12.5 Å². The highest BCUT2D eigenvalue weighted by atomic mass is 16.4. The molecule has 0 unspecified atom stereocenters. The smallest absolute Gasteiger partial charge is 0.487 e. The van der Waals surface area contributed by atoms with Gasteiger partial charge in [-0.3, -0.25) is 4.79 Å². The van der Waals surface area contributed by atoms with E-state index in [-0.39, 0.29) is 18.9 Å². The first-order chi connectivity index (χ1) is 6.42. The minimum Gasteiger partial charge on any atom is -0.527 e. The van der Waals surface area contributed by atoms with E-state index in [0.717, 1.165) is 0 Å². The Bertz CT molecular complexity index is 272. The highest BCUT2D eigenvalue weighted by molar-refractivity contribution is 6.57. The Labute approximate surface area is 81.5 Å². The number of hydrogen-bond donors (Lipinski definition) is 4. The number of carbonyl (C=O) groups excluding carboxylic acids is 1. The molecule has 2 saturated heterocycles. The largest absolute Gasteiger partial charge is 0.527 e. The quantitative estimate of drug-likeness (QED) is 0.305. The average Bonchev–Trinajstić information content (AvgIpc) is 2.44. The van der Waals surface area contributed by atoms with E-state index < -0.39 is 24.8 Å². The predicted octanol–water partition coefficient (Wildman–Crippen LogP) is -3.62. The van der Waals surface area contributed by atoms with Crippen molar-refractivity contribution in [3.63, 3.8) is 0 Å². The van der Waals surface area contributed by atoms with Gasteiger partial charge in [-0.15, -0.1) is 0 Å². The summed E-state index contributed by atoms with van der Waals surface area (Å²) in [5, 5.41) is 30.1. The number of amides is 1. The molecular formula is C7H15BN2O4. The molecule has 5 N–H and O–H groups in total. The monoisotopic (exact) mass is 202 g/mol. The lowest BCUT2D eigenvalue weighted by Gasteiger charge is -2.43. The zero-order valence-corrected chi connectivity index (χ0v) is 8.00. The number of fused-ring (bicyclic) bond motifs is 1. The third kappa shape index (κ3) is 1.33. The van der Waals surface area contributed by atoms with Crippen molar-refractivity contribution in [2.45, 2.75) is 31.4 Å². The standard InChI is InChI=1S/C7H15BN2O4/c1-4-7(12)10-3-5(11)2-6(10)8(13,14)9-4/h4-6,11,13-14H,2-3,9H2,1H3/t4-,5-,6-/m0/s1. The molecule has 2 fully saturated rings. The van der Waals surface area contributed by atoms with Crippen LogP contribution in [-0.2, 0) is 4.79 Å². The van der Waals surface area contributed by atoms with E-state index in [0.29, 0.717) is 0 Å². The van der Waals surface area contributed by atoms with Gasteiger partial charge in [0.05, 0.1) is 6.10 Å². The van der Waals surface area contributed by atoms with Crippen LogP contribution in [-0.4, -0.2) is 57.3 Å².